The summed E-state index contributed by atoms with van der Waals surface area (Å²) in [6.07, 6.45) is 0. The molecule has 0 saturated carbocycles. The molecule has 10 nitrogen and oxygen atoms in total. The van der Waals surface area contributed by atoms with E-state index in [1.54, 1.807) is 24.3 Å². The Morgan fingerprint density at radius 2 is 0.875 bits per heavy atom. The van der Waals surface area contributed by atoms with E-state index < -0.39 is 56.7 Å². The van der Waals surface area contributed by atoms with E-state index in [2.05, 4.69) is 0 Å². The SMILES string of the molecule is CC(C(C)S(=O)(=O)N(CC#N)CC#N)S(=O)(=O)N(CC#N)CC#N. The maximum absolute atomic E-state index is 12.4. The van der Waals surface area contributed by atoms with Crippen molar-refractivity contribution in [2.75, 3.05) is 26.2 Å². The van der Waals surface area contributed by atoms with Crippen LogP contribution in [0.2, 0.25) is 0 Å². The molecule has 0 saturated heterocycles. The molecule has 0 aliphatic heterocycles. The zero-order valence-corrected chi connectivity index (χ0v) is 14.7. The molecule has 130 valence electrons. The van der Waals surface area contributed by atoms with Crippen LogP contribution in [-0.4, -0.2) is 62.1 Å². The van der Waals surface area contributed by atoms with Gasteiger partial charge in [-0.05, 0) is 13.8 Å². The molecule has 0 spiro atoms. The number of nitriles is 4. The molecule has 0 rings (SSSR count). The molecule has 12 heteroatoms. The van der Waals surface area contributed by atoms with E-state index in [1.807, 2.05) is 0 Å². The van der Waals surface area contributed by atoms with Crippen LogP contribution >= 0.6 is 0 Å². The van der Waals surface area contributed by atoms with Crippen LogP contribution < -0.4 is 0 Å². The summed E-state index contributed by atoms with van der Waals surface area (Å²) >= 11 is 0. The fraction of sp³-hybridized carbons (Fsp3) is 0.667. The van der Waals surface area contributed by atoms with Gasteiger partial charge in [-0.25, -0.2) is 16.8 Å². The zero-order chi connectivity index (χ0) is 19.0. The molecular weight excluding hydrogens is 356 g/mol. The summed E-state index contributed by atoms with van der Waals surface area (Å²) in [5, 5.41) is 31.7. The summed E-state index contributed by atoms with van der Waals surface area (Å²) < 4.78 is 51.0. The Hall–Kier alpha value is -2.22. The number of nitrogens with zero attached hydrogens (tertiary/aromatic N) is 6. The van der Waals surface area contributed by atoms with Crippen molar-refractivity contribution >= 4 is 20.0 Å². The minimum absolute atomic E-state index is 0.586. The Balaban J connectivity index is 5.75. The van der Waals surface area contributed by atoms with Crippen molar-refractivity contribution in [3.63, 3.8) is 0 Å². The van der Waals surface area contributed by atoms with E-state index >= 15 is 0 Å². The van der Waals surface area contributed by atoms with E-state index in [9.17, 15) is 16.8 Å². The van der Waals surface area contributed by atoms with Gasteiger partial charge in [0.2, 0.25) is 20.0 Å². The molecule has 0 N–H and O–H groups in total. The van der Waals surface area contributed by atoms with E-state index in [0.717, 1.165) is 13.8 Å². The molecule has 0 aromatic heterocycles. The molecule has 2 atom stereocenters. The highest BCUT2D eigenvalue weighted by Crippen LogP contribution is 2.20. The number of hydrogen-bond acceptors (Lipinski definition) is 8. The van der Waals surface area contributed by atoms with Crippen LogP contribution in [-0.2, 0) is 20.0 Å². The van der Waals surface area contributed by atoms with Gasteiger partial charge in [-0.15, -0.1) is 0 Å². The molecule has 0 radical (unpaired) electrons. The molecule has 24 heavy (non-hydrogen) atoms. The second-order valence-corrected chi connectivity index (χ2v) is 9.25. The monoisotopic (exact) mass is 372 g/mol. The average Bonchev–Trinajstić information content (AvgIpc) is 2.52. The first-order chi connectivity index (χ1) is 11.1. The van der Waals surface area contributed by atoms with Gasteiger partial charge in [-0.1, -0.05) is 0 Å². The first-order valence-electron chi connectivity index (χ1n) is 6.56. The minimum Gasteiger partial charge on any atom is -0.212 e. The van der Waals surface area contributed by atoms with Gasteiger partial charge in [0.05, 0.1) is 34.8 Å². The van der Waals surface area contributed by atoms with Crippen molar-refractivity contribution in [2.45, 2.75) is 24.3 Å². The second-order valence-electron chi connectivity index (χ2n) is 4.67. The lowest BCUT2D eigenvalue weighted by atomic mass is 10.4. The fourth-order valence-electron chi connectivity index (χ4n) is 1.74. The maximum atomic E-state index is 12.4. The molecule has 0 aromatic carbocycles. The normalized spacial score (nSPS) is 14.2. The summed E-state index contributed by atoms with van der Waals surface area (Å²) in [5.74, 6) is 0. The largest absolute Gasteiger partial charge is 0.219 e. The van der Waals surface area contributed by atoms with Gasteiger partial charge in [-0.2, -0.15) is 29.7 Å². The maximum Gasteiger partial charge on any atom is 0.219 e. The van der Waals surface area contributed by atoms with Gasteiger partial charge >= 0.3 is 0 Å². The molecular formula is C12H16N6O4S2. The molecule has 0 aromatic rings. The Morgan fingerprint density at radius 3 is 1.04 bits per heavy atom. The smallest absolute Gasteiger partial charge is 0.212 e. The predicted octanol–water partition coefficient (Wildman–Crippen LogP) is -0.879. The number of rotatable bonds is 9. The lowest BCUT2D eigenvalue weighted by Gasteiger charge is -2.28. The van der Waals surface area contributed by atoms with E-state index in [-0.39, 0.29) is 0 Å². The van der Waals surface area contributed by atoms with Crippen molar-refractivity contribution in [2.24, 2.45) is 0 Å². The Labute approximate surface area is 141 Å². The van der Waals surface area contributed by atoms with Gasteiger partial charge in [0.25, 0.3) is 0 Å². The van der Waals surface area contributed by atoms with Gasteiger partial charge in [0.1, 0.15) is 26.2 Å². The second kappa shape index (κ2) is 9.17. The van der Waals surface area contributed by atoms with Gasteiger partial charge in [-0.3, -0.25) is 0 Å². The van der Waals surface area contributed by atoms with Crippen LogP contribution in [0.5, 0.6) is 0 Å². The molecule has 0 heterocycles. The van der Waals surface area contributed by atoms with Crippen LogP contribution in [0.1, 0.15) is 13.8 Å². The third-order valence-corrected chi connectivity index (χ3v) is 8.13. The van der Waals surface area contributed by atoms with Gasteiger partial charge in [0, 0.05) is 0 Å². The molecule has 2 unspecified atom stereocenters. The van der Waals surface area contributed by atoms with E-state index in [4.69, 9.17) is 21.0 Å². The minimum atomic E-state index is -4.25. The lowest BCUT2D eigenvalue weighted by Crippen LogP contribution is -2.49. The molecule has 0 amide bonds. The first-order valence-corrected chi connectivity index (χ1v) is 9.57. The first kappa shape index (κ1) is 21.8. The molecule has 0 fully saturated rings. The van der Waals surface area contributed by atoms with Crippen molar-refractivity contribution in [3.05, 3.63) is 0 Å². The quantitative estimate of drug-likeness (QED) is 0.470. The molecule has 0 aliphatic rings. The average molecular weight is 372 g/mol. The summed E-state index contributed by atoms with van der Waals surface area (Å²) in [6, 6.07) is 6.42. The Morgan fingerprint density at radius 1 is 0.667 bits per heavy atom. The summed E-state index contributed by atoms with van der Waals surface area (Å²) in [4.78, 5) is 0. The van der Waals surface area contributed by atoms with Crippen molar-refractivity contribution in [1.82, 2.24) is 8.61 Å². The van der Waals surface area contributed by atoms with Crippen LogP contribution in [0.15, 0.2) is 0 Å². The predicted molar refractivity (Wildman–Crippen MR) is 82.4 cm³/mol. The number of hydrogen-bond donors (Lipinski definition) is 0. The third-order valence-electron chi connectivity index (χ3n) is 3.31. The van der Waals surface area contributed by atoms with E-state index in [1.165, 1.54) is 0 Å². The van der Waals surface area contributed by atoms with Crippen LogP contribution in [0, 0.1) is 45.3 Å². The Kier molecular flexibility index (Phi) is 8.32. The van der Waals surface area contributed by atoms with Crippen LogP contribution in [0.3, 0.4) is 0 Å². The van der Waals surface area contributed by atoms with Crippen molar-refractivity contribution in [3.8, 4) is 24.3 Å². The standard InChI is InChI=1S/C12H16N6O4S2/c1-11(23(19,20)17(7-3-13)8-4-14)12(2)24(21,22)18(9-5-15)10-6-16/h11-12H,7-10H2,1-2H3. The van der Waals surface area contributed by atoms with E-state index in [0.29, 0.717) is 8.61 Å². The van der Waals surface area contributed by atoms with Gasteiger partial charge < -0.3 is 0 Å². The van der Waals surface area contributed by atoms with Gasteiger partial charge in [0.15, 0.2) is 0 Å². The highest BCUT2D eigenvalue weighted by atomic mass is 32.2. The molecule has 0 aliphatic carbocycles. The molecule has 0 bridgehead atoms. The van der Waals surface area contributed by atoms with Crippen molar-refractivity contribution < 1.29 is 16.8 Å². The summed E-state index contributed by atoms with van der Waals surface area (Å²) in [5.41, 5.74) is 0. The fourth-order valence-corrected chi connectivity index (χ4v) is 5.44. The van der Waals surface area contributed by atoms with Crippen molar-refractivity contribution in [1.29, 1.82) is 21.0 Å². The van der Waals surface area contributed by atoms with Crippen LogP contribution in [0.4, 0.5) is 0 Å². The number of sulfonamides is 2. The lowest BCUT2D eigenvalue weighted by molar-refractivity contribution is 0.450. The highest BCUT2D eigenvalue weighted by Gasteiger charge is 2.41. The summed E-state index contributed by atoms with van der Waals surface area (Å²) in [7, 11) is -8.51. The third kappa shape index (κ3) is 4.89. The topological polar surface area (TPSA) is 170 Å². The zero-order valence-electron chi connectivity index (χ0n) is 13.1. The summed E-state index contributed by atoms with van der Waals surface area (Å²) in [6.45, 7) is -0.0904. The van der Waals surface area contributed by atoms with Crippen LogP contribution in [0.25, 0.3) is 0 Å². The highest BCUT2D eigenvalue weighted by molar-refractivity contribution is 7.93. The Bertz CT molecular complexity index is 708.